The molecule has 0 saturated heterocycles. The van der Waals surface area contributed by atoms with Gasteiger partial charge in [-0.2, -0.15) is 0 Å². The molecule has 1 amide bonds. The van der Waals surface area contributed by atoms with Gasteiger partial charge in [-0.25, -0.2) is 4.21 Å². The van der Waals surface area contributed by atoms with E-state index in [4.69, 9.17) is 0 Å². The molecule has 4 heteroatoms. The Morgan fingerprint density at radius 1 is 1.33 bits per heavy atom. The zero-order valence-corrected chi connectivity index (χ0v) is 12.0. The predicted octanol–water partition coefficient (Wildman–Crippen LogP) is 3.09. The van der Waals surface area contributed by atoms with Gasteiger partial charge in [0.1, 0.15) is 0 Å². The van der Waals surface area contributed by atoms with E-state index in [1.807, 2.05) is 6.92 Å². The van der Waals surface area contributed by atoms with Crippen molar-refractivity contribution in [1.82, 2.24) is 4.31 Å². The maximum atomic E-state index is 12.2. The highest BCUT2D eigenvalue weighted by Crippen LogP contribution is 2.26. The largest absolute Gasteiger partial charge is 0.268 e. The number of unbranched alkanes of at least 4 members (excludes halogenated alkanes) is 3. The van der Waals surface area contributed by atoms with Gasteiger partial charge in [0.25, 0.3) is 5.91 Å². The lowest BCUT2D eigenvalue weighted by Gasteiger charge is -2.14. The van der Waals surface area contributed by atoms with Crippen LogP contribution in [0.3, 0.4) is 0 Å². The summed E-state index contributed by atoms with van der Waals surface area (Å²) >= 11 is 0. The number of allylic oxidation sites excluding steroid dienone is 2. The van der Waals surface area contributed by atoms with Crippen LogP contribution in [-0.2, 0) is 15.8 Å². The Labute approximate surface area is 112 Å². The first kappa shape index (κ1) is 14.9. The van der Waals surface area contributed by atoms with E-state index in [2.05, 4.69) is 13.5 Å². The number of rotatable bonds is 7. The highest BCUT2D eigenvalue weighted by atomic mass is 32.2. The predicted molar refractivity (Wildman–Crippen MR) is 76.0 cm³/mol. The molecule has 18 heavy (non-hydrogen) atoms. The fraction of sp³-hybridized carbons (Fsp3) is 0.500. The van der Waals surface area contributed by atoms with Crippen molar-refractivity contribution in [3.63, 3.8) is 0 Å². The summed E-state index contributed by atoms with van der Waals surface area (Å²) in [6.07, 6.45) is 9.30. The molecule has 100 valence electrons. The second kappa shape index (κ2) is 7.31. The van der Waals surface area contributed by atoms with E-state index < -0.39 is 11.0 Å². The maximum absolute atomic E-state index is 12.2. The van der Waals surface area contributed by atoms with Crippen molar-refractivity contribution < 1.29 is 9.00 Å². The Kier molecular flexibility index (Phi) is 6.05. The molecule has 1 aliphatic rings. The Hall–Kier alpha value is -1.16. The van der Waals surface area contributed by atoms with Crippen molar-refractivity contribution in [1.29, 1.82) is 0 Å². The average Bonchev–Trinajstić information content (AvgIpc) is 2.58. The third kappa shape index (κ3) is 3.19. The van der Waals surface area contributed by atoms with E-state index >= 15 is 0 Å². The number of hydrogen-bond acceptors (Lipinski definition) is 2. The van der Waals surface area contributed by atoms with Crippen molar-refractivity contribution in [3.8, 4) is 0 Å². The molecule has 1 unspecified atom stereocenters. The van der Waals surface area contributed by atoms with Crippen molar-refractivity contribution in [2.24, 2.45) is 0 Å². The standard InChI is InChI=1S/C14H21NO2S/c1-4-7-8-9-11-15-14(16)12(6-3)13(10-5-2)18(15)17/h5-6,10H,3-4,7-9,11H2,1-2H3/b10-5-. The molecule has 3 nitrogen and oxygen atoms in total. The topological polar surface area (TPSA) is 37.4 Å². The Balaban J connectivity index is 2.73. The normalized spacial score (nSPS) is 20.2. The van der Waals surface area contributed by atoms with Crippen molar-refractivity contribution in [2.75, 3.05) is 6.54 Å². The fourth-order valence-electron chi connectivity index (χ4n) is 1.88. The van der Waals surface area contributed by atoms with E-state index in [9.17, 15) is 9.00 Å². The minimum absolute atomic E-state index is 0.159. The zero-order valence-electron chi connectivity index (χ0n) is 11.1. The van der Waals surface area contributed by atoms with Gasteiger partial charge in [0.05, 0.1) is 10.5 Å². The summed E-state index contributed by atoms with van der Waals surface area (Å²) in [6.45, 7) is 8.18. The van der Waals surface area contributed by atoms with E-state index in [1.54, 1.807) is 12.2 Å². The summed E-state index contributed by atoms with van der Waals surface area (Å²) in [4.78, 5) is 12.6. The molecule has 1 aliphatic heterocycles. The number of nitrogens with zero attached hydrogens (tertiary/aromatic N) is 1. The minimum atomic E-state index is -1.36. The summed E-state index contributed by atoms with van der Waals surface area (Å²) in [5, 5.41) is 0. The second-order valence-corrected chi connectivity index (χ2v) is 5.58. The lowest BCUT2D eigenvalue weighted by Crippen LogP contribution is -2.28. The van der Waals surface area contributed by atoms with Crippen molar-refractivity contribution >= 4 is 16.9 Å². The smallest absolute Gasteiger partial charge is 0.267 e. The molecule has 0 spiro atoms. The quantitative estimate of drug-likeness (QED) is 0.665. The summed E-state index contributed by atoms with van der Waals surface area (Å²) in [7, 11) is -1.36. The van der Waals surface area contributed by atoms with E-state index in [0.717, 1.165) is 25.7 Å². The molecule has 1 heterocycles. The zero-order chi connectivity index (χ0) is 13.5. The Morgan fingerprint density at radius 3 is 2.61 bits per heavy atom. The van der Waals surface area contributed by atoms with Crippen molar-refractivity contribution in [3.05, 3.63) is 35.3 Å². The molecule has 0 radical (unpaired) electrons. The lowest BCUT2D eigenvalue weighted by atomic mass is 10.2. The summed E-state index contributed by atoms with van der Waals surface area (Å²) < 4.78 is 13.6. The van der Waals surface area contributed by atoms with Gasteiger partial charge in [-0.3, -0.25) is 9.10 Å². The van der Waals surface area contributed by atoms with Crippen LogP contribution in [-0.4, -0.2) is 21.0 Å². The molecular weight excluding hydrogens is 246 g/mol. The van der Waals surface area contributed by atoms with Gasteiger partial charge in [0.15, 0.2) is 11.0 Å². The van der Waals surface area contributed by atoms with Gasteiger partial charge in [-0.1, -0.05) is 44.9 Å². The molecule has 0 fully saturated rings. The van der Waals surface area contributed by atoms with Gasteiger partial charge < -0.3 is 0 Å². The summed E-state index contributed by atoms with van der Waals surface area (Å²) in [5.41, 5.74) is 0.474. The molecule has 0 aliphatic carbocycles. The minimum Gasteiger partial charge on any atom is -0.268 e. The van der Waals surface area contributed by atoms with Gasteiger partial charge in [0.2, 0.25) is 0 Å². The second-order valence-electron chi connectivity index (χ2n) is 4.20. The number of hydrogen-bond donors (Lipinski definition) is 0. The van der Waals surface area contributed by atoms with Crippen LogP contribution in [0, 0.1) is 0 Å². The number of amides is 1. The van der Waals surface area contributed by atoms with E-state index in [0.29, 0.717) is 17.0 Å². The fourth-order valence-corrected chi connectivity index (χ4v) is 3.27. The molecular formula is C14H21NO2S. The van der Waals surface area contributed by atoms with Crippen LogP contribution >= 0.6 is 0 Å². The van der Waals surface area contributed by atoms with Crippen molar-refractivity contribution in [2.45, 2.75) is 39.5 Å². The first-order chi connectivity index (χ1) is 8.67. The third-order valence-corrected chi connectivity index (χ3v) is 4.33. The first-order valence-corrected chi connectivity index (χ1v) is 7.51. The lowest BCUT2D eigenvalue weighted by molar-refractivity contribution is -0.121. The third-order valence-electron chi connectivity index (χ3n) is 2.85. The molecule has 0 N–H and O–H groups in total. The van der Waals surface area contributed by atoms with Crippen LogP contribution in [0.2, 0.25) is 0 Å². The van der Waals surface area contributed by atoms with Crippen LogP contribution in [0.4, 0.5) is 0 Å². The first-order valence-electron chi connectivity index (χ1n) is 6.40. The SMILES string of the molecule is C=CC1=C(/C=C\C)S(=O)N(CCCCCC)C1=O. The van der Waals surface area contributed by atoms with Crippen LogP contribution in [0.1, 0.15) is 39.5 Å². The monoisotopic (exact) mass is 267 g/mol. The van der Waals surface area contributed by atoms with E-state index in [-0.39, 0.29) is 5.91 Å². The highest BCUT2D eigenvalue weighted by Gasteiger charge is 2.33. The molecule has 0 saturated carbocycles. The maximum Gasteiger partial charge on any atom is 0.267 e. The van der Waals surface area contributed by atoms with Crippen LogP contribution in [0.15, 0.2) is 35.3 Å². The van der Waals surface area contributed by atoms with E-state index in [1.165, 1.54) is 10.4 Å². The summed E-state index contributed by atoms with van der Waals surface area (Å²) in [5.74, 6) is -0.159. The van der Waals surface area contributed by atoms with Gasteiger partial charge >= 0.3 is 0 Å². The number of carbonyl (C=O) groups excluding carboxylic acids is 1. The van der Waals surface area contributed by atoms with Crippen LogP contribution in [0.25, 0.3) is 0 Å². The van der Waals surface area contributed by atoms with Crippen LogP contribution < -0.4 is 0 Å². The molecule has 0 bridgehead atoms. The summed E-state index contributed by atoms with van der Waals surface area (Å²) in [6, 6.07) is 0. The molecule has 1 atom stereocenters. The molecule has 0 aromatic heterocycles. The highest BCUT2D eigenvalue weighted by molar-refractivity contribution is 7.88. The van der Waals surface area contributed by atoms with Gasteiger partial charge in [-0.15, -0.1) is 0 Å². The Bertz CT molecular complexity index is 410. The average molecular weight is 267 g/mol. The number of carbonyl (C=O) groups is 1. The molecule has 0 aromatic rings. The molecule has 1 rings (SSSR count). The Morgan fingerprint density at radius 2 is 2.06 bits per heavy atom. The molecule has 0 aromatic carbocycles. The van der Waals surface area contributed by atoms with Crippen LogP contribution in [0.5, 0.6) is 0 Å². The van der Waals surface area contributed by atoms with Gasteiger partial charge in [-0.05, 0) is 19.4 Å². The van der Waals surface area contributed by atoms with Gasteiger partial charge in [0, 0.05) is 6.54 Å².